The van der Waals surface area contributed by atoms with Gasteiger partial charge in [-0.05, 0) is 41.8 Å². The number of hydrogen-bond acceptors (Lipinski definition) is 6. The van der Waals surface area contributed by atoms with Gasteiger partial charge < -0.3 is 5.73 Å². The fraction of sp³-hybridized carbons (Fsp3) is 0.250. The predicted octanol–water partition coefficient (Wildman–Crippen LogP) is 1.33. The maximum atomic E-state index is 13.3. The largest absolute Gasteiger partial charge is 0.399 e. The topological polar surface area (TPSA) is 125 Å². The van der Waals surface area contributed by atoms with Crippen LogP contribution in [0.5, 0.6) is 0 Å². The van der Waals surface area contributed by atoms with Crippen LogP contribution < -0.4 is 11.1 Å². The van der Waals surface area contributed by atoms with Crippen LogP contribution in [-0.2, 0) is 20.4 Å². The number of sulfonamides is 1. The van der Waals surface area contributed by atoms with Gasteiger partial charge in [0.25, 0.3) is 5.91 Å². The van der Waals surface area contributed by atoms with Crippen molar-refractivity contribution in [3.8, 4) is 11.1 Å². The molecule has 3 N–H and O–H groups in total. The van der Waals surface area contributed by atoms with Crippen molar-refractivity contribution in [3.05, 3.63) is 54.1 Å². The van der Waals surface area contributed by atoms with Crippen molar-refractivity contribution < 1.29 is 18.0 Å². The summed E-state index contributed by atoms with van der Waals surface area (Å²) in [4.78, 5) is 31.4. The number of rotatable bonds is 3. The molecule has 9 nitrogen and oxygen atoms in total. The number of nitrogens with one attached hydrogen (secondary N) is 1. The molecule has 156 valence electrons. The summed E-state index contributed by atoms with van der Waals surface area (Å²) < 4.78 is 24.3. The first kappa shape index (κ1) is 19.9. The first-order valence-electron chi connectivity index (χ1n) is 9.26. The summed E-state index contributed by atoms with van der Waals surface area (Å²) in [6, 6.07) is 14.0. The van der Waals surface area contributed by atoms with Gasteiger partial charge in [-0.3, -0.25) is 15.0 Å². The van der Waals surface area contributed by atoms with E-state index in [-0.39, 0.29) is 25.0 Å². The second-order valence-corrected chi connectivity index (χ2v) is 9.34. The summed E-state index contributed by atoms with van der Waals surface area (Å²) >= 11 is 0. The number of nitrogen functional groups attached to an aromatic ring is 1. The van der Waals surface area contributed by atoms with E-state index in [9.17, 15) is 18.0 Å². The second kappa shape index (κ2) is 6.84. The molecule has 1 fully saturated rings. The lowest BCUT2D eigenvalue weighted by atomic mass is 9.89. The van der Waals surface area contributed by atoms with Gasteiger partial charge >= 0.3 is 6.03 Å². The Hall–Kier alpha value is -3.40. The molecule has 0 aromatic heterocycles. The zero-order chi connectivity index (χ0) is 21.7. The number of carbonyl (C=O) groups excluding carboxylic acids is 2. The molecule has 2 aliphatic rings. The lowest BCUT2D eigenvalue weighted by Gasteiger charge is -2.23. The number of hydrogen-bond donors (Lipinski definition) is 2. The van der Waals surface area contributed by atoms with Crippen molar-refractivity contribution in [1.29, 1.82) is 0 Å². The number of nitrogens with two attached hydrogens (primary N) is 1. The molecule has 10 heteroatoms. The quantitative estimate of drug-likeness (QED) is 0.715. The summed E-state index contributed by atoms with van der Waals surface area (Å²) in [5.74, 6) is -0.286. The summed E-state index contributed by atoms with van der Waals surface area (Å²) in [6.07, 6.45) is 0.943. The Morgan fingerprint density at radius 3 is 2.40 bits per heavy atom. The second-order valence-electron chi connectivity index (χ2n) is 7.44. The van der Waals surface area contributed by atoms with Crippen LogP contribution in [0.15, 0.2) is 53.5 Å². The number of nitrogens with zero attached hydrogens (tertiary/aromatic N) is 3. The third-order valence-corrected chi connectivity index (χ3v) is 6.41. The third-order valence-electron chi connectivity index (χ3n) is 5.26. The van der Waals surface area contributed by atoms with Crippen molar-refractivity contribution in [2.45, 2.75) is 12.5 Å². The molecule has 1 atom stereocenters. The maximum Gasteiger partial charge on any atom is 0.337 e. The lowest BCUT2D eigenvalue weighted by molar-refractivity contribution is -0.130. The van der Waals surface area contributed by atoms with Gasteiger partial charge in [0.1, 0.15) is 0 Å². The van der Waals surface area contributed by atoms with Crippen LogP contribution in [-0.4, -0.2) is 54.9 Å². The van der Waals surface area contributed by atoms with Crippen molar-refractivity contribution in [2.75, 3.05) is 25.1 Å². The molecule has 1 saturated heterocycles. The van der Waals surface area contributed by atoms with Crippen molar-refractivity contribution in [2.24, 2.45) is 4.99 Å². The third kappa shape index (κ3) is 3.28. The highest BCUT2D eigenvalue weighted by atomic mass is 32.2. The molecule has 0 spiro atoms. The van der Waals surface area contributed by atoms with Crippen LogP contribution in [0, 0.1) is 0 Å². The van der Waals surface area contributed by atoms with Gasteiger partial charge in [0.15, 0.2) is 5.54 Å². The summed E-state index contributed by atoms with van der Waals surface area (Å²) in [5.41, 5.74) is 7.71. The average Bonchev–Trinajstić information content (AvgIpc) is 2.82. The van der Waals surface area contributed by atoms with Gasteiger partial charge in [0.05, 0.1) is 12.8 Å². The average molecular weight is 427 g/mol. The van der Waals surface area contributed by atoms with Crippen molar-refractivity contribution in [3.63, 3.8) is 0 Å². The van der Waals surface area contributed by atoms with Crippen LogP contribution in [0.25, 0.3) is 11.1 Å². The van der Waals surface area contributed by atoms with E-state index in [1.807, 2.05) is 36.4 Å². The van der Waals surface area contributed by atoms with E-state index in [1.54, 1.807) is 19.1 Å². The van der Waals surface area contributed by atoms with Crippen LogP contribution >= 0.6 is 0 Å². The van der Waals surface area contributed by atoms with E-state index in [1.165, 1.54) is 4.90 Å². The molecule has 4 rings (SSSR count). The predicted molar refractivity (Wildman–Crippen MR) is 113 cm³/mol. The number of carbonyl (C=O) groups is 2. The zero-order valence-electron chi connectivity index (χ0n) is 16.5. The molecule has 0 radical (unpaired) electrons. The van der Waals surface area contributed by atoms with Gasteiger partial charge in [-0.1, -0.05) is 30.3 Å². The smallest absolute Gasteiger partial charge is 0.337 e. The highest BCUT2D eigenvalue weighted by Gasteiger charge is 2.48. The molecule has 0 saturated carbocycles. The van der Waals surface area contributed by atoms with E-state index in [0.29, 0.717) is 15.6 Å². The minimum Gasteiger partial charge on any atom is -0.399 e. The molecule has 2 aromatic carbocycles. The molecule has 3 amide bonds. The Labute approximate surface area is 174 Å². The van der Waals surface area contributed by atoms with Gasteiger partial charge in [-0.15, -0.1) is 0 Å². The van der Waals surface area contributed by atoms with E-state index in [0.717, 1.165) is 17.4 Å². The minimum atomic E-state index is -3.75. The van der Waals surface area contributed by atoms with E-state index in [2.05, 4.69) is 10.3 Å². The molecule has 0 bridgehead atoms. The summed E-state index contributed by atoms with van der Waals surface area (Å²) in [6.45, 7) is 1.55. The number of guanidine groups is 1. The Morgan fingerprint density at radius 1 is 1.07 bits per heavy atom. The number of aliphatic imine (C=N–C) groups is 1. The first-order valence-corrected chi connectivity index (χ1v) is 11.1. The fourth-order valence-electron chi connectivity index (χ4n) is 3.66. The SMILES string of the molecule is CC1(c2cccc(-c3cccc(N)c3)c2)N=C2NC(=O)N(S(C)(=O)=O)CCN2C1=O. The maximum absolute atomic E-state index is 13.3. The molecule has 30 heavy (non-hydrogen) atoms. The number of amides is 3. The van der Waals surface area contributed by atoms with Crippen LogP contribution in [0.3, 0.4) is 0 Å². The van der Waals surface area contributed by atoms with Gasteiger partial charge in [-0.2, -0.15) is 0 Å². The normalized spacial score (nSPS) is 21.7. The Kier molecular flexibility index (Phi) is 4.53. The molecule has 2 aliphatic heterocycles. The van der Waals surface area contributed by atoms with Gasteiger partial charge in [-0.25, -0.2) is 22.5 Å². The summed E-state index contributed by atoms with van der Waals surface area (Å²) in [5, 5.41) is 2.45. The molecule has 2 aromatic rings. The molecule has 1 unspecified atom stereocenters. The highest BCUT2D eigenvalue weighted by molar-refractivity contribution is 7.88. The lowest BCUT2D eigenvalue weighted by Crippen LogP contribution is -2.44. The number of fused-ring (bicyclic) bond motifs is 1. The fourth-order valence-corrected chi connectivity index (χ4v) is 4.42. The molecular formula is C20H21N5O4S. The standard InChI is InChI=1S/C20H21N5O4S/c1-20(15-7-3-5-13(11-15)14-6-4-8-16(21)12-14)17(26)24-9-10-25(30(2,28)29)19(27)22-18(24)23-20/h3-8,11-12H,9-10,21H2,1-2H3,(H,22,23,27). The van der Waals surface area contributed by atoms with Crippen molar-refractivity contribution in [1.82, 2.24) is 14.5 Å². The summed E-state index contributed by atoms with van der Waals surface area (Å²) in [7, 11) is -3.75. The van der Waals surface area contributed by atoms with Crippen LogP contribution in [0.4, 0.5) is 10.5 Å². The number of benzene rings is 2. The molecule has 0 aliphatic carbocycles. The highest BCUT2D eigenvalue weighted by Crippen LogP contribution is 2.35. The Bertz CT molecular complexity index is 1190. The van der Waals surface area contributed by atoms with Crippen LogP contribution in [0.1, 0.15) is 12.5 Å². The van der Waals surface area contributed by atoms with Crippen molar-refractivity contribution >= 4 is 33.6 Å². The Morgan fingerprint density at radius 2 is 1.73 bits per heavy atom. The number of anilines is 1. The van der Waals surface area contributed by atoms with Crippen LogP contribution in [0.2, 0.25) is 0 Å². The van der Waals surface area contributed by atoms with Gasteiger partial charge in [0, 0.05) is 12.2 Å². The molecular weight excluding hydrogens is 406 g/mol. The van der Waals surface area contributed by atoms with E-state index < -0.39 is 21.6 Å². The van der Waals surface area contributed by atoms with E-state index >= 15 is 0 Å². The van der Waals surface area contributed by atoms with Gasteiger partial charge in [0.2, 0.25) is 16.0 Å². The Balaban J connectivity index is 1.71. The van der Waals surface area contributed by atoms with E-state index in [4.69, 9.17) is 5.73 Å². The minimum absolute atomic E-state index is 0.0218. The monoisotopic (exact) mass is 427 g/mol. The number of urea groups is 1. The first-order chi connectivity index (χ1) is 14.1. The zero-order valence-corrected chi connectivity index (χ0v) is 17.3. The molecule has 2 heterocycles.